The number of nitrogens with one attached hydrogen (secondary N) is 1. The van der Waals surface area contributed by atoms with E-state index in [0.29, 0.717) is 11.6 Å². The van der Waals surface area contributed by atoms with Crippen LogP contribution in [0.3, 0.4) is 0 Å². The van der Waals surface area contributed by atoms with Crippen LogP contribution in [0.4, 0.5) is 0 Å². The van der Waals surface area contributed by atoms with Crippen molar-refractivity contribution in [2.45, 2.75) is 12.6 Å². The molecule has 1 amide bonds. The largest absolute Gasteiger partial charge is 0.366 e. The van der Waals surface area contributed by atoms with Gasteiger partial charge in [-0.3, -0.25) is 14.7 Å². The molecule has 122 valence electrons. The minimum Gasteiger partial charge on any atom is -0.366 e. The fourth-order valence-electron chi connectivity index (χ4n) is 2.91. The SMILES string of the molecule is Cl.NC(=O)c1cccc(CN2CCNCC2c2ccncc2)c1. The third-order valence-corrected chi connectivity index (χ3v) is 4.04. The molecule has 0 bridgehead atoms. The molecule has 0 radical (unpaired) electrons. The second-order valence-corrected chi connectivity index (χ2v) is 5.54. The van der Waals surface area contributed by atoms with E-state index in [1.54, 1.807) is 6.07 Å². The Labute approximate surface area is 142 Å². The maximum Gasteiger partial charge on any atom is 0.248 e. The molecule has 23 heavy (non-hydrogen) atoms. The van der Waals surface area contributed by atoms with E-state index in [9.17, 15) is 4.79 Å². The molecule has 2 aromatic rings. The molecular weight excluding hydrogens is 312 g/mol. The number of carbonyl (C=O) groups excluding carboxylic acids is 1. The van der Waals surface area contributed by atoms with Crippen LogP contribution in [0.2, 0.25) is 0 Å². The lowest BCUT2D eigenvalue weighted by Gasteiger charge is -2.36. The van der Waals surface area contributed by atoms with E-state index in [4.69, 9.17) is 5.73 Å². The van der Waals surface area contributed by atoms with Gasteiger partial charge < -0.3 is 11.1 Å². The van der Waals surface area contributed by atoms with E-state index in [1.165, 1.54) is 5.56 Å². The molecule has 2 heterocycles. The van der Waals surface area contributed by atoms with E-state index in [1.807, 2.05) is 30.6 Å². The van der Waals surface area contributed by atoms with Crippen LogP contribution in [0, 0.1) is 0 Å². The van der Waals surface area contributed by atoms with Gasteiger partial charge in [0.25, 0.3) is 0 Å². The maximum atomic E-state index is 11.3. The quantitative estimate of drug-likeness (QED) is 0.894. The zero-order valence-corrected chi connectivity index (χ0v) is 13.6. The Balaban J connectivity index is 0.00000192. The Hall–Kier alpha value is -1.95. The second kappa shape index (κ2) is 8.06. The summed E-state index contributed by atoms with van der Waals surface area (Å²) in [6.07, 6.45) is 3.66. The Bertz CT molecular complexity index is 650. The lowest BCUT2D eigenvalue weighted by atomic mass is 10.0. The molecule has 1 atom stereocenters. The summed E-state index contributed by atoms with van der Waals surface area (Å²) in [7, 11) is 0. The lowest BCUT2D eigenvalue weighted by molar-refractivity contribution is 0.1000. The number of piperazine rings is 1. The van der Waals surface area contributed by atoms with Crippen LogP contribution in [-0.2, 0) is 6.54 Å². The third-order valence-electron chi connectivity index (χ3n) is 4.04. The molecule has 1 unspecified atom stereocenters. The molecule has 1 aliphatic rings. The van der Waals surface area contributed by atoms with Crippen molar-refractivity contribution in [2.75, 3.05) is 19.6 Å². The number of halogens is 1. The summed E-state index contributed by atoms with van der Waals surface area (Å²) >= 11 is 0. The summed E-state index contributed by atoms with van der Waals surface area (Å²) in [6, 6.07) is 12.0. The number of nitrogens with two attached hydrogens (primary N) is 1. The number of pyridine rings is 1. The van der Waals surface area contributed by atoms with Crippen molar-refractivity contribution in [3.05, 3.63) is 65.5 Å². The first-order valence-electron chi connectivity index (χ1n) is 7.47. The van der Waals surface area contributed by atoms with Crippen molar-refractivity contribution in [3.8, 4) is 0 Å². The van der Waals surface area contributed by atoms with Crippen molar-refractivity contribution < 1.29 is 4.79 Å². The standard InChI is InChI=1S/C17H20N4O.ClH/c18-17(22)15-3-1-2-13(10-15)12-21-9-8-20-11-16(21)14-4-6-19-7-5-14;/h1-7,10,16,20H,8-9,11-12H2,(H2,18,22);1H. The van der Waals surface area contributed by atoms with Crippen LogP contribution in [0.1, 0.15) is 27.5 Å². The molecule has 0 spiro atoms. The van der Waals surface area contributed by atoms with E-state index in [-0.39, 0.29) is 18.3 Å². The smallest absolute Gasteiger partial charge is 0.248 e. The fraction of sp³-hybridized carbons (Fsp3) is 0.294. The van der Waals surface area contributed by atoms with Gasteiger partial charge in [0.05, 0.1) is 0 Å². The van der Waals surface area contributed by atoms with Gasteiger partial charge in [0.15, 0.2) is 0 Å². The number of amides is 1. The highest BCUT2D eigenvalue weighted by Gasteiger charge is 2.23. The highest BCUT2D eigenvalue weighted by atomic mass is 35.5. The normalized spacial score (nSPS) is 18.2. The predicted octanol–water partition coefficient (Wildman–Crippen LogP) is 1.75. The van der Waals surface area contributed by atoms with Gasteiger partial charge in [0.1, 0.15) is 0 Å². The van der Waals surface area contributed by atoms with Gasteiger partial charge in [-0.15, -0.1) is 12.4 Å². The zero-order chi connectivity index (χ0) is 15.4. The zero-order valence-electron chi connectivity index (χ0n) is 12.8. The molecular formula is C17H21ClN4O. The maximum absolute atomic E-state index is 11.3. The van der Waals surface area contributed by atoms with Gasteiger partial charge >= 0.3 is 0 Å². The molecule has 0 aliphatic carbocycles. The summed E-state index contributed by atoms with van der Waals surface area (Å²) in [5.41, 5.74) is 8.29. The van der Waals surface area contributed by atoms with Gasteiger partial charge in [0.2, 0.25) is 5.91 Å². The molecule has 3 N–H and O–H groups in total. The second-order valence-electron chi connectivity index (χ2n) is 5.54. The van der Waals surface area contributed by atoms with Crippen LogP contribution >= 0.6 is 12.4 Å². The number of hydrogen-bond acceptors (Lipinski definition) is 4. The summed E-state index contributed by atoms with van der Waals surface area (Å²) in [5, 5.41) is 3.44. The molecule has 1 aromatic carbocycles. The van der Waals surface area contributed by atoms with Crippen LogP contribution in [0.25, 0.3) is 0 Å². The third kappa shape index (κ3) is 4.28. The van der Waals surface area contributed by atoms with Crippen molar-refractivity contribution >= 4 is 18.3 Å². The van der Waals surface area contributed by atoms with Crippen LogP contribution in [0.5, 0.6) is 0 Å². The number of primary amides is 1. The molecule has 1 aromatic heterocycles. The Morgan fingerprint density at radius 1 is 1.30 bits per heavy atom. The predicted molar refractivity (Wildman–Crippen MR) is 92.5 cm³/mol. The van der Waals surface area contributed by atoms with E-state index in [0.717, 1.165) is 31.7 Å². The molecule has 3 rings (SSSR count). The molecule has 1 aliphatic heterocycles. The minimum absolute atomic E-state index is 0. The first-order chi connectivity index (χ1) is 10.7. The van der Waals surface area contributed by atoms with Gasteiger partial charge in [-0.25, -0.2) is 0 Å². The molecule has 5 nitrogen and oxygen atoms in total. The number of benzene rings is 1. The molecule has 6 heteroatoms. The summed E-state index contributed by atoms with van der Waals surface area (Å²) in [6.45, 7) is 3.65. The average Bonchev–Trinajstić information content (AvgIpc) is 2.56. The number of nitrogens with zero attached hydrogens (tertiary/aromatic N) is 2. The highest BCUT2D eigenvalue weighted by Crippen LogP contribution is 2.23. The van der Waals surface area contributed by atoms with Gasteiger partial charge in [0, 0.05) is 50.2 Å². The minimum atomic E-state index is -0.382. The average molecular weight is 333 g/mol. The van der Waals surface area contributed by atoms with Crippen molar-refractivity contribution in [3.63, 3.8) is 0 Å². The van der Waals surface area contributed by atoms with Gasteiger partial charge in [-0.05, 0) is 35.4 Å². The number of carbonyl (C=O) groups is 1. The summed E-state index contributed by atoms with van der Waals surface area (Å²) in [5.74, 6) is -0.382. The van der Waals surface area contributed by atoms with Crippen molar-refractivity contribution in [1.82, 2.24) is 15.2 Å². The van der Waals surface area contributed by atoms with Crippen LogP contribution in [0.15, 0.2) is 48.8 Å². The Morgan fingerprint density at radius 3 is 2.83 bits per heavy atom. The van der Waals surface area contributed by atoms with Crippen LogP contribution < -0.4 is 11.1 Å². The first-order valence-corrected chi connectivity index (χ1v) is 7.47. The monoisotopic (exact) mass is 332 g/mol. The van der Waals surface area contributed by atoms with Gasteiger partial charge in [-0.2, -0.15) is 0 Å². The number of hydrogen-bond donors (Lipinski definition) is 2. The first kappa shape index (κ1) is 17.4. The van der Waals surface area contributed by atoms with Crippen molar-refractivity contribution in [2.24, 2.45) is 5.73 Å². The van der Waals surface area contributed by atoms with Gasteiger partial charge in [-0.1, -0.05) is 12.1 Å². The highest BCUT2D eigenvalue weighted by molar-refractivity contribution is 5.92. The Kier molecular flexibility index (Phi) is 6.10. The van der Waals surface area contributed by atoms with Crippen LogP contribution in [-0.4, -0.2) is 35.4 Å². The molecule has 0 saturated carbocycles. The number of aromatic nitrogens is 1. The summed E-state index contributed by atoms with van der Waals surface area (Å²) < 4.78 is 0. The molecule has 1 saturated heterocycles. The lowest BCUT2D eigenvalue weighted by Crippen LogP contribution is -2.45. The fourth-order valence-corrected chi connectivity index (χ4v) is 2.91. The number of rotatable bonds is 4. The van der Waals surface area contributed by atoms with E-state index >= 15 is 0 Å². The van der Waals surface area contributed by atoms with E-state index < -0.39 is 0 Å². The topological polar surface area (TPSA) is 71.2 Å². The molecule has 1 fully saturated rings. The Morgan fingerprint density at radius 2 is 2.09 bits per heavy atom. The summed E-state index contributed by atoms with van der Waals surface area (Å²) in [4.78, 5) is 17.8. The van der Waals surface area contributed by atoms with Crippen molar-refractivity contribution in [1.29, 1.82) is 0 Å². The van der Waals surface area contributed by atoms with E-state index in [2.05, 4.69) is 27.3 Å².